The van der Waals surface area contributed by atoms with Gasteiger partial charge in [-0.25, -0.2) is 4.21 Å². The Kier molecular flexibility index (Phi) is 4.25. The minimum absolute atomic E-state index is 0.0123. The molecule has 5 heteroatoms. The van der Waals surface area contributed by atoms with Crippen LogP contribution in [0.25, 0.3) is 0 Å². The Morgan fingerprint density at radius 2 is 2.33 bits per heavy atom. The van der Waals surface area contributed by atoms with E-state index in [2.05, 4.69) is 4.74 Å². The summed E-state index contributed by atoms with van der Waals surface area (Å²) in [5.74, 6) is -0.444. The van der Waals surface area contributed by atoms with Gasteiger partial charge >= 0.3 is 5.97 Å². The summed E-state index contributed by atoms with van der Waals surface area (Å²) in [6.45, 7) is 1.26. The first-order chi connectivity index (χ1) is 4.13. The molecule has 0 aliphatic carbocycles. The molecule has 1 unspecified atom stereocenters. The average Bonchev–Trinajstić information content (AvgIpc) is 1.63. The Hall–Kier alpha value is -0.420. The third-order valence-electron chi connectivity index (χ3n) is 0.563. The first-order valence-electron chi connectivity index (χ1n) is 2.33. The summed E-state index contributed by atoms with van der Waals surface area (Å²) in [6.07, 6.45) is 0. The topological polar surface area (TPSA) is 63.6 Å². The van der Waals surface area contributed by atoms with Crippen LogP contribution in [0.5, 0.6) is 0 Å². The molecule has 0 amide bonds. The van der Waals surface area contributed by atoms with Gasteiger partial charge in [0.15, 0.2) is 11.1 Å². The second kappa shape index (κ2) is 4.46. The minimum atomic E-state index is -1.86. The Balaban J connectivity index is 3.10. The van der Waals surface area contributed by atoms with E-state index in [-0.39, 0.29) is 12.4 Å². The van der Waals surface area contributed by atoms with Crippen LogP contribution in [0.2, 0.25) is 0 Å². The quantitative estimate of drug-likeness (QED) is 0.448. The number of esters is 1. The highest BCUT2D eigenvalue weighted by atomic mass is 32.2. The van der Waals surface area contributed by atoms with Gasteiger partial charge in [-0.05, 0) is 0 Å². The van der Waals surface area contributed by atoms with Gasteiger partial charge in [-0.1, -0.05) is 0 Å². The molecule has 0 saturated heterocycles. The van der Waals surface area contributed by atoms with Crippen LogP contribution in [0.1, 0.15) is 6.92 Å². The second-order valence-electron chi connectivity index (χ2n) is 1.37. The fourth-order valence-corrected chi connectivity index (χ4v) is 0.483. The van der Waals surface area contributed by atoms with Gasteiger partial charge in [0.2, 0.25) is 0 Å². The van der Waals surface area contributed by atoms with Gasteiger partial charge in [-0.15, -0.1) is 0 Å². The van der Waals surface area contributed by atoms with E-state index < -0.39 is 17.0 Å². The molecule has 0 aromatic heterocycles. The molecule has 0 aliphatic rings. The summed E-state index contributed by atoms with van der Waals surface area (Å²) in [6, 6.07) is 0. The van der Waals surface area contributed by atoms with Crippen LogP contribution in [0.3, 0.4) is 0 Å². The van der Waals surface area contributed by atoms with Crippen LogP contribution in [0.4, 0.5) is 0 Å². The Labute approximate surface area is 55.5 Å². The van der Waals surface area contributed by atoms with Crippen molar-refractivity contribution in [3.05, 3.63) is 0 Å². The Bertz CT molecular complexity index is 108. The van der Waals surface area contributed by atoms with E-state index in [9.17, 15) is 9.00 Å². The van der Waals surface area contributed by atoms with Gasteiger partial charge in [-0.2, -0.15) is 0 Å². The highest BCUT2D eigenvalue weighted by Crippen LogP contribution is 1.78. The van der Waals surface area contributed by atoms with Crippen LogP contribution in [-0.2, 0) is 20.6 Å². The molecule has 0 aliphatic heterocycles. The monoisotopic (exact) mass is 152 g/mol. The second-order valence-corrected chi connectivity index (χ2v) is 2.42. The summed E-state index contributed by atoms with van der Waals surface area (Å²) >= 11 is -1.86. The summed E-state index contributed by atoms with van der Waals surface area (Å²) in [4.78, 5) is 10.0. The van der Waals surface area contributed by atoms with Gasteiger partial charge in [-0.3, -0.25) is 4.79 Å². The summed E-state index contributed by atoms with van der Waals surface area (Å²) in [7, 11) is 0. The largest absolute Gasteiger partial charge is 0.465 e. The lowest BCUT2D eigenvalue weighted by Gasteiger charge is -1.95. The number of carbonyl (C=O) groups is 1. The minimum Gasteiger partial charge on any atom is -0.465 e. The molecule has 0 spiro atoms. The van der Waals surface area contributed by atoms with E-state index in [0.29, 0.717) is 0 Å². The van der Waals surface area contributed by atoms with Crippen molar-refractivity contribution in [1.29, 1.82) is 0 Å². The van der Waals surface area contributed by atoms with Crippen LogP contribution in [-0.4, -0.2) is 27.1 Å². The van der Waals surface area contributed by atoms with Gasteiger partial charge in [0, 0.05) is 6.92 Å². The fourth-order valence-electron chi connectivity index (χ4n) is 0.257. The molecule has 9 heavy (non-hydrogen) atoms. The molecule has 0 heterocycles. The molecular weight excluding hydrogens is 144 g/mol. The molecule has 1 N–H and O–H groups in total. The number of hydrogen-bond acceptors (Lipinski definition) is 3. The van der Waals surface area contributed by atoms with Crippen LogP contribution < -0.4 is 0 Å². The van der Waals surface area contributed by atoms with Crippen LogP contribution in [0, 0.1) is 0 Å². The van der Waals surface area contributed by atoms with Crippen molar-refractivity contribution in [2.45, 2.75) is 6.92 Å². The predicted molar refractivity (Wildman–Crippen MR) is 32.3 cm³/mol. The first-order valence-corrected chi connectivity index (χ1v) is 3.61. The molecule has 0 saturated carbocycles. The molecule has 4 nitrogen and oxygen atoms in total. The Morgan fingerprint density at radius 1 is 1.78 bits per heavy atom. The van der Waals surface area contributed by atoms with E-state index in [1.165, 1.54) is 6.92 Å². The molecule has 1 atom stereocenters. The first kappa shape index (κ1) is 8.58. The highest BCUT2D eigenvalue weighted by molar-refractivity contribution is 7.79. The van der Waals surface area contributed by atoms with E-state index in [0.717, 1.165) is 0 Å². The summed E-state index contributed by atoms with van der Waals surface area (Å²) in [5, 5.41) is 0. The lowest BCUT2D eigenvalue weighted by molar-refractivity contribution is -0.140. The average molecular weight is 152 g/mol. The lowest BCUT2D eigenvalue weighted by atomic mass is 10.8. The molecule has 0 rings (SSSR count). The number of rotatable bonds is 3. The third-order valence-corrected chi connectivity index (χ3v) is 1.08. The SMILES string of the molecule is CC(=O)OCCS(=O)O. The predicted octanol–water partition coefficient (Wildman–Crippen LogP) is -0.229. The fraction of sp³-hybridized carbons (Fsp3) is 0.750. The molecule has 54 valence electrons. The number of ether oxygens (including phenoxy) is 1. The molecule has 0 aromatic rings. The maximum Gasteiger partial charge on any atom is 0.302 e. The van der Waals surface area contributed by atoms with E-state index >= 15 is 0 Å². The summed E-state index contributed by atoms with van der Waals surface area (Å²) < 4.78 is 22.4. The number of carbonyl (C=O) groups excluding carboxylic acids is 1. The van der Waals surface area contributed by atoms with Gasteiger partial charge in [0.1, 0.15) is 6.61 Å². The van der Waals surface area contributed by atoms with Crippen LogP contribution in [0.15, 0.2) is 0 Å². The zero-order valence-corrected chi connectivity index (χ0v) is 5.81. The van der Waals surface area contributed by atoms with Crippen molar-refractivity contribution >= 4 is 17.0 Å². The molecule has 0 radical (unpaired) electrons. The molecular formula is C4H8O4S. The van der Waals surface area contributed by atoms with Gasteiger partial charge in [0.05, 0.1) is 5.75 Å². The van der Waals surface area contributed by atoms with Crippen molar-refractivity contribution in [3.8, 4) is 0 Å². The maximum absolute atomic E-state index is 10.0. The van der Waals surface area contributed by atoms with E-state index in [1.54, 1.807) is 0 Å². The van der Waals surface area contributed by atoms with Crippen molar-refractivity contribution in [2.75, 3.05) is 12.4 Å². The standard InChI is InChI=1S/C4H8O4S/c1-4(5)8-2-3-9(6)7/h2-3H2,1H3,(H,6,7). The van der Waals surface area contributed by atoms with E-state index in [1.807, 2.05) is 0 Å². The van der Waals surface area contributed by atoms with Gasteiger partial charge < -0.3 is 9.29 Å². The Morgan fingerprint density at radius 3 is 2.67 bits per heavy atom. The maximum atomic E-state index is 10.0. The third kappa shape index (κ3) is 7.58. The van der Waals surface area contributed by atoms with Crippen molar-refractivity contribution in [1.82, 2.24) is 0 Å². The summed E-state index contributed by atoms with van der Waals surface area (Å²) in [5.41, 5.74) is 0. The smallest absolute Gasteiger partial charge is 0.302 e. The highest BCUT2D eigenvalue weighted by Gasteiger charge is 1.94. The molecule has 0 bridgehead atoms. The lowest BCUT2D eigenvalue weighted by Crippen LogP contribution is -2.07. The molecule has 0 fully saturated rings. The van der Waals surface area contributed by atoms with Crippen molar-refractivity contribution in [2.24, 2.45) is 0 Å². The van der Waals surface area contributed by atoms with Crippen molar-refractivity contribution < 1.29 is 18.3 Å². The zero-order chi connectivity index (χ0) is 7.28. The van der Waals surface area contributed by atoms with Gasteiger partial charge in [0.25, 0.3) is 0 Å². The zero-order valence-electron chi connectivity index (χ0n) is 4.99. The van der Waals surface area contributed by atoms with Crippen LogP contribution >= 0.6 is 0 Å². The normalized spacial score (nSPS) is 12.7. The number of hydrogen-bond donors (Lipinski definition) is 1. The van der Waals surface area contributed by atoms with E-state index in [4.69, 9.17) is 4.55 Å². The molecule has 0 aromatic carbocycles. The van der Waals surface area contributed by atoms with Crippen molar-refractivity contribution in [3.63, 3.8) is 0 Å².